The van der Waals surface area contributed by atoms with Gasteiger partial charge in [-0.05, 0) is 63.7 Å². The molecule has 0 aliphatic carbocycles. The number of aryl methyl sites for hydroxylation is 2. The Balaban J connectivity index is 1.43. The van der Waals surface area contributed by atoms with Crippen molar-refractivity contribution in [1.29, 1.82) is 0 Å². The molecule has 1 unspecified atom stereocenters. The van der Waals surface area contributed by atoms with E-state index >= 15 is 0 Å². The second-order valence-electron chi connectivity index (χ2n) is 8.48. The first kappa shape index (κ1) is 19.6. The first-order valence-corrected chi connectivity index (χ1v) is 11.2. The summed E-state index contributed by atoms with van der Waals surface area (Å²) < 4.78 is 1.95. The number of aromatic nitrogens is 3. The van der Waals surface area contributed by atoms with Crippen LogP contribution in [0.2, 0.25) is 0 Å². The molecule has 6 nitrogen and oxygen atoms in total. The molecule has 2 aromatic rings. The highest BCUT2D eigenvalue weighted by molar-refractivity contribution is 5.80. The van der Waals surface area contributed by atoms with Gasteiger partial charge < -0.3 is 10.0 Å². The average molecular weight is 386 g/mol. The monoisotopic (exact) mass is 385 g/mol. The molecule has 2 aliphatic heterocycles. The van der Waals surface area contributed by atoms with E-state index < -0.39 is 0 Å². The van der Waals surface area contributed by atoms with Gasteiger partial charge in [-0.2, -0.15) is 5.10 Å². The van der Waals surface area contributed by atoms with Crippen molar-refractivity contribution in [3.8, 4) is 0 Å². The number of hydrogen-bond acceptors (Lipinski definition) is 5. The molecule has 0 saturated carbocycles. The van der Waals surface area contributed by atoms with Gasteiger partial charge in [0.2, 0.25) is 0 Å². The molecular formula is C22H35N5O. The fourth-order valence-corrected chi connectivity index (χ4v) is 4.88. The van der Waals surface area contributed by atoms with Crippen LogP contribution in [0.5, 0.6) is 0 Å². The Hall–Kier alpha value is -1.66. The molecule has 28 heavy (non-hydrogen) atoms. The first-order valence-electron chi connectivity index (χ1n) is 11.2. The van der Waals surface area contributed by atoms with E-state index in [2.05, 4.69) is 21.9 Å². The molecule has 1 N–H and O–H groups in total. The topological polar surface area (TPSA) is 57.4 Å². The van der Waals surface area contributed by atoms with Crippen molar-refractivity contribution >= 4 is 16.9 Å². The predicted octanol–water partition coefficient (Wildman–Crippen LogP) is 3.13. The van der Waals surface area contributed by atoms with Gasteiger partial charge in [-0.15, -0.1) is 0 Å². The second kappa shape index (κ2) is 9.23. The molecule has 2 aromatic heterocycles. The summed E-state index contributed by atoms with van der Waals surface area (Å²) in [6, 6.07) is 4.78. The number of hydrogen-bond donors (Lipinski definition) is 1. The SMILES string of the molecule is Cn1nc(CCCN2CCCC2CO)c2ccc(N3CCCCCCC3)nc21. The highest BCUT2D eigenvalue weighted by atomic mass is 16.3. The third kappa shape index (κ3) is 4.33. The summed E-state index contributed by atoms with van der Waals surface area (Å²) >= 11 is 0. The standard InChI is InChI=1S/C22H35N5O/c1-25-22-19(11-12-21(23-22)27-13-5-3-2-4-6-14-27)20(24-25)10-8-16-26-15-7-9-18(26)17-28/h11-12,18,28H,2-10,13-17H2,1H3. The van der Waals surface area contributed by atoms with Crippen molar-refractivity contribution in [1.82, 2.24) is 19.7 Å². The zero-order chi connectivity index (χ0) is 19.3. The van der Waals surface area contributed by atoms with Crippen molar-refractivity contribution in [3.63, 3.8) is 0 Å². The fourth-order valence-electron chi connectivity index (χ4n) is 4.88. The summed E-state index contributed by atoms with van der Waals surface area (Å²) in [6.45, 7) is 4.68. The molecule has 4 rings (SSSR count). The van der Waals surface area contributed by atoms with Crippen LogP contribution >= 0.6 is 0 Å². The van der Waals surface area contributed by atoms with Crippen molar-refractivity contribution in [2.24, 2.45) is 7.05 Å². The minimum atomic E-state index is 0.287. The van der Waals surface area contributed by atoms with Gasteiger partial charge >= 0.3 is 0 Å². The van der Waals surface area contributed by atoms with Gasteiger partial charge in [0, 0.05) is 31.6 Å². The van der Waals surface area contributed by atoms with Gasteiger partial charge in [0.05, 0.1) is 12.3 Å². The number of rotatable bonds is 6. The van der Waals surface area contributed by atoms with Crippen LogP contribution in [-0.4, -0.2) is 63.6 Å². The molecular weight excluding hydrogens is 350 g/mol. The Bertz CT molecular complexity index is 766. The molecule has 0 amide bonds. The third-order valence-electron chi connectivity index (χ3n) is 6.50. The summed E-state index contributed by atoms with van der Waals surface area (Å²) in [4.78, 5) is 9.87. The number of fused-ring (bicyclic) bond motifs is 1. The van der Waals surface area contributed by atoms with Crippen molar-refractivity contribution in [2.75, 3.05) is 37.7 Å². The fraction of sp³-hybridized carbons (Fsp3) is 0.727. The van der Waals surface area contributed by atoms with Crippen LogP contribution in [0.4, 0.5) is 5.82 Å². The maximum atomic E-state index is 9.49. The quantitative estimate of drug-likeness (QED) is 0.828. The molecule has 2 aliphatic rings. The maximum absolute atomic E-state index is 9.49. The van der Waals surface area contributed by atoms with Gasteiger partial charge in [-0.25, -0.2) is 4.98 Å². The third-order valence-corrected chi connectivity index (χ3v) is 6.50. The largest absolute Gasteiger partial charge is 0.395 e. The zero-order valence-corrected chi connectivity index (χ0v) is 17.3. The summed E-state index contributed by atoms with van der Waals surface area (Å²) in [5.74, 6) is 1.10. The van der Waals surface area contributed by atoms with Crippen molar-refractivity contribution in [3.05, 3.63) is 17.8 Å². The summed E-state index contributed by atoms with van der Waals surface area (Å²) in [5, 5.41) is 15.5. The molecule has 2 fully saturated rings. The molecule has 6 heteroatoms. The van der Waals surface area contributed by atoms with Gasteiger partial charge in [0.25, 0.3) is 0 Å². The van der Waals surface area contributed by atoms with Crippen LogP contribution in [-0.2, 0) is 13.5 Å². The maximum Gasteiger partial charge on any atom is 0.160 e. The zero-order valence-electron chi connectivity index (χ0n) is 17.3. The summed E-state index contributed by atoms with van der Waals surface area (Å²) in [6.07, 6.45) is 11.0. The van der Waals surface area contributed by atoms with E-state index in [9.17, 15) is 5.11 Å². The number of pyridine rings is 1. The summed E-state index contributed by atoms with van der Waals surface area (Å²) in [7, 11) is 2.01. The van der Waals surface area contributed by atoms with E-state index in [1.807, 2.05) is 11.7 Å². The van der Waals surface area contributed by atoms with Crippen LogP contribution in [0.25, 0.3) is 11.0 Å². The normalized spacial score (nSPS) is 21.9. The lowest BCUT2D eigenvalue weighted by Gasteiger charge is -2.25. The molecule has 2 saturated heterocycles. The highest BCUT2D eigenvalue weighted by Gasteiger charge is 2.23. The number of anilines is 1. The molecule has 154 valence electrons. The molecule has 0 spiro atoms. The Morgan fingerprint density at radius 3 is 2.61 bits per heavy atom. The average Bonchev–Trinajstić information content (AvgIpc) is 3.26. The van der Waals surface area contributed by atoms with Crippen LogP contribution in [0.3, 0.4) is 0 Å². The van der Waals surface area contributed by atoms with Crippen molar-refractivity contribution < 1.29 is 5.11 Å². The first-order chi connectivity index (χ1) is 13.8. The van der Waals surface area contributed by atoms with Crippen LogP contribution < -0.4 is 4.90 Å². The van der Waals surface area contributed by atoms with Gasteiger partial charge in [0.15, 0.2) is 5.65 Å². The molecule has 0 bridgehead atoms. The molecule has 4 heterocycles. The lowest BCUT2D eigenvalue weighted by Crippen LogP contribution is -2.33. The summed E-state index contributed by atoms with van der Waals surface area (Å²) in [5.41, 5.74) is 2.16. The number of aliphatic hydroxyl groups is 1. The highest BCUT2D eigenvalue weighted by Crippen LogP contribution is 2.24. The van der Waals surface area contributed by atoms with E-state index in [4.69, 9.17) is 10.1 Å². The van der Waals surface area contributed by atoms with Gasteiger partial charge in [-0.3, -0.25) is 9.58 Å². The van der Waals surface area contributed by atoms with Crippen LogP contribution in [0, 0.1) is 0 Å². The number of likely N-dealkylation sites (tertiary alicyclic amines) is 1. The predicted molar refractivity (Wildman–Crippen MR) is 114 cm³/mol. The minimum absolute atomic E-state index is 0.287. The lowest BCUT2D eigenvalue weighted by molar-refractivity contribution is 0.158. The second-order valence-corrected chi connectivity index (χ2v) is 8.48. The van der Waals surface area contributed by atoms with Crippen molar-refractivity contribution in [2.45, 2.75) is 63.8 Å². The molecule has 1 atom stereocenters. The van der Waals surface area contributed by atoms with Crippen LogP contribution in [0.1, 0.15) is 57.1 Å². The van der Waals surface area contributed by atoms with Crippen LogP contribution in [0.15, 0.2) is 12.1 Å². The smallest absolute Gasteiger partial charge is 0.160 e. The van der Waals surface area contributed by atoms with E-state index in [1.165, 1.54) is 43.9 Å². The minimum Gasteiger partial charge on any atom is -0.395 e. The molecule has 0 radical (unpaired) electrons. The van der Waals surface area contributed by atoms with E-state index in [0.29, 0.717) is 6.04 Å². The van der Waals surface area contributed by atoms with Gasteiger partial charge in [0.1, 0.15) is 5.82 Å². The Kier molecular flexibility index (Phi) is 6.47. The number of aliphatic hydroxyl groups excluding tert-OH is 1. The Morgan fingerprint density at radius 2 is 1.82 bits per heavy atom. The molecule has 0 aromatic carbocycles. The van der Waals surface area contributed by atoms with Gasteiger partial charge in [-0.1, -0.05) is 19.3 Å². The Labute approximate surface area is 168 Å². The van der Waals surface area contributed by atoms with E-state index in [-0.39, 0.29) is 6.61 Å². The number of nitrogens with zero attached hydrogens (tertiary/aromatic N) is 5. The van der Waals surface area contributed by atoms with E-state index in [1.54, 1.807) is 0 Å². The lowest BCUT2D eigenvalue weighted by atomic mass is 10.1. The Morgan fingerprint density at radius 1 is 1.04 bits per heavy atom. The van der Waals surface area contributed by atoms with E-state index in [0.717, 1.165) is 62.6 Å².